The topological polar surface area (TPSA) is 55.3 Å². The summed E-state index contributed by atoms with van der Waals surface area (Å²) in [7, 11) is 3.79. The van der Waals surface area contributed by atoms with Gasteiger partial charge >= 0.3 is 0 Å². The molecule has 0 bridgehead atoms. The summed E-state index contributed by atoms with van der Waals surface area (Å²) in [5.74, 6) is 3.15. The molecule has 29 heavy (non-hydrogen) atoms. The highest BCUT2D eigenvalue weighted by atomic mass is 127. The Balaban J connectivity index is 0.00000300. The van der Waals surface area contributed by atoms with Crippen molar-refractivity contribution in [3.63, 3.8) is 0 Å². The molecule has 1 saturated heterocycles. The Kier molecular flexibility index (Phi) is 10.3. The Labute approximate surface area is 192 Å². The van der Waals surface area contributed by atoms with E-state index < -0.39 is 0 Å². The molecule has 1 aliphatic heterocycles. The largest absolute Gasteiger partial charge is 0.493 e. The zero-order valence-corrected chi connectivity index (χ0v) is 20.3. The van der Waals surface area contributed by atoms with Crippen LogP contribution in [0.25, 0.3) is 0 Å². The summed E-state index contributed by atoms with van der Waals surface area (Å²) in [6, 6.07) is 6.13. The summed E-state index contributed by atoms with van der Waals surface area (Å²) in [6.07, 6.45) is 6.20. The molecule has 1 N–H and O–H groups in total. The van der Waals surface area contributed by atoms with E-state index in [9.17, 15) is 0 Å². The van der Waals surface area contributed by atoms with Crippen molar-refractivity contribution in [1.82, 2.24) is 10.2 Å². The molecule has 1 aliphatic carbocycles. The first-order valence-corrected chi connectivity index (χ1v) is 10.6. The monoisotopic (exact) mass is 517 g/mol. The third-order valence-corrected chi connectivity index (χ3v) is 5.49. The molecule has 164 valence electrons. The minimum absolute atomic E-state index is 0. The van der Waals surface area contributed by atoms with E-state index in [1.165, 1.54) is 12.8 Å². The SMILES string of the molecule is CCNC(=NCc1ccc(OC)c(OC2CCCC2)c1)N(C)CC1CCOC1.I. The molecule has 1 unspecified atom stereocenters. The second-order valence-corrected chi connectivity index (χ2v) is 7.79. The van der Waals surface area contributed by atoms with Gasteiger partial charge in [-0.2, -0.15) is 0 Å². The number of hydrogen-bond donors (Lipinski definition) is 1. The lowest BCUT2D eigenvalue weighted by atomic mass is 10.1. The van der Waals surface area contributed by atoms with Gasteiger partial charge in [-0.05, 0) is 56.7 Å². The number of aliphatic imine (C=N–C) groups is 1. The van der Waals surface area contributed by atoms with Crippen molar-refractivity contribution >= 4 is 29.9 Å². The first-order chi connectivity index (χ1) is 13.7. The van der Waals surface area contributed by atoms with Crippen LogP contribution in [0, 0.1) is 5.92 Å². The van der Waals surface area contributed by atoms with Crippen LogP contribution < -0.4 is 14.8 Å². The van der Waals surface area contributed by atoms with Crippen LogP contribution in [0.4, 0.5) is 0 Å². The lowest BCUT2D eigenvalue weighted by Gasteiger charge is -2.24. The van der Waals surface area contributed by atoms with Crippen LogP contribution in [0.5, 0.6) is 11.5 Å². The highest BCUT2D eigenvalue weighted by molar-refractivity contribution is 14.0. The number of nitrogens with one attached hydrogen (secondary N) is 1. The Bertz CT molecular complexity index is 644. The van der Waals surface area contributed by atoms with Crippen LogP contribution in [-0.2, 0) is 11.3 Å². The predicted octanol–water partition coefficient (Wildman–Crippen LogP) is 4.07. The zero-order chi connectivity index (χ0) is 19.8. The second kappa shape index (κ2) is 12.5. The summed E-state index contributed by atoms with van der Waals surface area (Å²) < 4.78 is 17.2. The summed E-state index contributed by atoms with van der Waals surface area (Å²) in [4.78, 5) is 7.06. The molecular weight excluding hydrogens is 481 g/mol. The molecule has 1 heterocycles. The van der Waals surface area contributed by atoms with Crippen molar-refractivity contribution in [1.29, 1.82) is 0 Å². The van der Waals surface area contributed by atoms with Gasteiger partial charge in [0.1, 0.15) is 0 Å². The summed E-state index contributed by atoms with van der Waals surface area (Å²) in [5, 5.41) is 3.40. The number of ether oxygens (including phenoxy) is 3. The predicted molar refractivity (Wildman–Crippen MR) is 128 cm³/mol. The van der Waals surface area contributed by atoms with E-state index in [0.717, 1.165) is 68.6 Å². The smallest absolute Gasteiger partial charge is 0.193 e. The summed E-state index contributed by atoms with van der Waals surface area (Å²) in [5.41, 5.74) is 1.13. The molecule has 2 fully saturated rings. The van der Waals surface area contributed by atoms with E-state index in [1.807, 2.05) is 6.07 Å². The van der Waals surface area contributed by atoms with E-state index in [1.54, 1.807) is 7.11 Å². The molecule has 7 heteroatoms. The van der Waals surface area contributed by atoms with Gasteiger partial charge in [-0.25, -0.2) is 4.99 Å². The number of methoxy groups -OCH3 is 1. The Hall–Kier alpha value is -1.22. The molecule has 1 aromatic rings. The van der Waals surface area contributed by atoms with Crippen molar-refractivity contribution in [3.05, 3.63) is 23.8 Å². The maximum atomic E-state index is 6.22. The molecular formula is C22H36IN3O3. The van der Waals surface area contributed by atoms with E-state index >= 15 is 0 Å². The minimum atomic E-state index is 0. The van der Waals surface area contributed by atoms with Gasteiger partial charge in [0.15, 0.2) is 17.5 Å². The number of guanidine groups is 1. The van der Waals surface area contributed by atoms with Gasteiger partial charge in [-0.1, -0.05) is 6.07 Å². The molecule has 1 atom stereocenters. The van der Waals surface area contributed by atoms with Crippen molar-refractivity contribution in [2.75, 3.05) is 40.5 Å². The molecule has 1 saturated carbocycles. The summed E-state index contributed by atoms with van der Waals surface area (Å²) in [6.45, 7) is 6.25. The van der Waals surface area contributed by atoms with Crippen LogP contribution in [0.3, 0.4) is 0 Å². The van der Waals surface area contributed by atoms with Gasteiger partial charge in [-0.15, -0.1) is 24.0 Å². The third-order valence-electron chi connectivity index (χ3n) is 5.49. The lowest BCUT2D eigenvalue weighted by Crippen LogP contribution is -2.41. The Morgan fingerprint density at radius 3 is 2.69 bits per heavy atom. The van der Waals surface area contributed by atoms with Crippen LogP contribution in [0.15, 0.2) is 23.2 Å². The molecule has 0 amide bonds. The fourth-order valence-corrected chi connectivity index (χ4v) is 3.93. The lowest BCUT2D eigenvalue weighted by molar-refractivity contribution is 0.181. The fourth-order valence-electron chi connectivity index (χ4n) is 3.93. The molecule has 0 aromatic heterocycles. The molecule has 0 spiro atoms. The van der Waals surface area contributed by atoms with Gasteiger partial charge in [0.05, 0.1) is 26.4 Å². The minimum Gasteiger partial charge on any atom is -0.493 e. The average Bonchev–Trinajstić information content (AvgIpc) is 3.39. The third kappa shape index (κ3) is 7.20. The summed E-state index contributed by atoms with van der Waals surface area (Å²) >= 11 is 0. The maximum absolute atomic E-state index is 6.22. The first-order valence-electron chi connectivity index (χ1n) is 10.6. The molecule has 1 aromatic carbocycles. The highest BCUT2D eigenvalue weighted by Crippen LogP contribution is 2.32. The van der Waals surface area contributed by atoms with Gasteiger partial charge in [0.25, 0.3) is 0 Å². The van der Waals surface area contributed by atoms with Crippen LogP contribution in [0.2, 0.25) is 0 Å². The van der Waals surface area contributed by atoms with Crippen molar-refractivity contribution in [2.45, 2.75) is 51.7 Å². The number of halogens is 1. The van der Waals surface area contributed by atoms with E-state index in [0.29, 0.717) is 18.6 Å². The fraction of sp³-hybridized carbons (Fsp3) is 0.682. The first kappa shape index (κ1) is 24.1. The number of nitrogens with zero attached hydrogens (tertiary/aromatic N) is 2. The van der Waals surface area contributed by atoms with Gasteiger partial charge in [0, 0.05) is 32.7 Å². The molecule has 0 radical (unpaired) electrons. The van der Waals surface area contributed by atoms with E-state index in [-0.39, 0.29) is 24.0 Å². The van der Waals surface area contributed by atoms with Crippen molar-refractivity contribution in [2.24, 2.45) is 10.9 Å². The normalized spacial score (nSPS) is 19.7. The van der Waals surface area contributed by atoms with Crippen molar-refractivity contribution in [3.8, 4) is 11.5 Å². The zero-order valence-electron chi connectivity index (χ0n) is 18.0. The number of benzene rings is 1. The van der Waals surface area contributed by atoms with E-state index in [2.05, 4.69) is 36.3 Å². The highest BCUT2D eigenvalue weighted by Gasteiger charge is 2.20. The molecule has 3 rings (SSSR count). The van der Waals surface area contributed by atoms with Crippen LogP contribution >= 0.6 is 24.0 Å². The number of rotatable bonds is 8. The molecule has 6 nitrogen and oxygen atoms in total. The van der Waals surface area contributed by atoms with Gasteiger partial charge < -0.3 is 24.4 Å². The molecule has 2 aliphatic rings. The van der Waals surface area contributed by atoms with Gasteiger partial charge in [0.2, 0.25) is 0 Å². The quantitative estimate of drug-likeness (QED) is 0.320. The van der Waals surface area contributed by atoms with Crippen LogP contribution in [0.1, 0.15) is 44.6 Å². The van der Waals surface area contributed by atoms with Crippen molar-refractivity contribution < 1.29 is 14.2 Å². The van der Waals surface area contributed by atoms with E-state index in [4.69, 9.17) is 19.2 Å². The average molecular weight is 517 g/mol. The Morgan fingerprint density at radius 2 is 2.03 bits per heavy atom. The standard InChI is InChI=1S/C22H35N3O3.HI/c1-4-23-22(25(2)15-18-11-12-27-16-18)24-14-17-9-10-20(26-3)21(13-17)28-19-7-5-6-8-19;/h9-10,13,18-19H,4-8,11-12,14-16H2,1-3H3,(H,23,24);1H. The van der Waals surface area contributed by atoms with Gasteiger partial charge in [-0.3, -0.25) is 0 Å². The second-order valence-electron chi connectivity index (χ2n) is 7.79. The maximum Gasteiger partial charge on any atom is 0.193 e. The Morgan fingerprint density at radius 1 is 1.24 bits per heavy atom. The van der Waals surface area contributed by atoms with Crippen LogP contribution in [-0.4, -0.2) is 57.4 Å². The number of hydrogen-bond acceptors (Lipinski definition) is 4.